The molecule has 0 saturated carbocycles. The molecule has 0 N–H and O–H groups in total. The molecule has 0 bridgehead atoms. The van der Waals surface area contributed by atoms with Gasteiger partial charge in [-0.25, -0.2) is 0 Å². The summed E-state index contributed by atoms with van der Waals surface area (Å²) in [6.45, 7) is 3.57. The first-order valence-electron chi connectivity index (χ1n) is 4.95. The molecule has 3 heteroatoms. The second-order valence-electron chi connectivity index (χ2n) is 4.22. The Hall–Kier alpha value is -1.64. The van der Waals surface area contributed by atoms with Gasteiger partial charge in [-0.2, -0.15) is 0 Å². The summed E-state index contributed by atoms with van der Waals surface area (Å²) < 4.78 is 0. The maximum Gasteiger partial charge on any atom is 0.235 e. The maximum atomic E-state index is 11.7. The number of para-hydroxylation sites is 1. The molecule has 0 spiro atoms. The van der Waals surface area contributed by atoms with Gasteiger partial charge in [0.25, 0.3) is 0 Å². The van der Waals surface area contributed by atoms with E-state index in [0.717, 1.165) is 5.69 Å². The van der Waals surface area contributed by atoms with Crippen LogP contribution in [-0.4, -0.2) is 17.2 Å². The summed E-state index contributed by atoms with van der Waals surface area (Å²) in [4.78, 5) is 24.9. The lowest BCUT2D eigenvalue weighted by atomic mass is 10.00. The Balaban J connectivity index is 2.45. The number of carbonyl (C=O) groups is 2. The normalized spacial score (nSPS) is 19.7. The van der Waals surface area contributed by atoms with E-state index in [2.05, 4.69) is 0 Å². The first-order valence-corrected chi connectivity index (χ1v) is 4.95. The quantitative estimate of drug-likeness (QED) is 0.652. The molecule has 0 radical (unpaired) electrons. The molecule has 1 aliphatic rings. The number of nitrogens with zero attached hydrogens (tertiary/aromatic N) is 1. The highest BCUT2D eigenvalue weighted by molar-refractivity contribution is 6.19. The summed E-state index contributed by atoms with van der Waals surface area (Å²) in [6, 6.07) is 9.30. The Morgan fingerprint density at radius 2 is 1.73 bits per heavy atom. The van der Waals surface area contributed by atoms with E-state index in [9.17, 15) is 9.59 Å². The molecule has 1 aromatic rings. The van der Waals surface area contributed by atoms with Gasteiger partial charge in [0.1, 0.15) is 5.54 Å². The van der Waals surface area contributed by atoms with Crippen LogP contribution in [0.15, 0.2) is 30.3 Å². The van der Waals surface area contributed by atoms with Gasteiger partial charge in [0.05, 0.1) is 6.42 Å². The Kier molecular flexibility index (Phi) is 2.11. The number of carbonyl (C=O) groups excluding carboxylic acids is 2. The number of rotatable bonds is 1. The summed E-state index contributed by atoms with van der Waals surface area (Å²) in [5.74, 6) is -0.132. The van der Waals surface area contributed by atoms with E-state index >= 15 is 0 Å². The second-order valence-corrected chi connectivity index (χ2v) is 4.22. The van der Waals surface area contributed by atoms with E-state index in [1.165, 1.54) is 0 Å². The van der Waals surface area contributed by atoms with Crippen LogP contribution in [0.3, 0.4) is 0 Å². The lowest BCUT2D eigenvalue weighted by Crippen LogP contribution is -2.44. The molecule has 0 aromatic heterocycles. The number of hydrogen-bond donors (Lipinski definition) is 0. The number of amides is 1. The van der Waals surface area contributed by atoms with Crippen LogP contribution in [0, 0.1) is 0 Å². The summed E-state index contributed by atoms with van der Waals surface area (Å²) in [5, 5.41) is 0. The highest BCUT2D eigenvalue weighted by Crippen LogP contribution is 2.31. The topological polar surface area (TPSA) is 37.4 Å². The smallest absolute Gasteiger partial charge is 0.235 e. The van der Waals surface area contributed by atoms with E-state index in [0.29, 0.717) is 0 Å². The fourth-order valence-corrected chi connectivity index (χ4v) is 1.91. The molecule has 1 heterocycles. The van der Waals surface area contributed by atoms with Crippen molar-refractivity contribution in [3.05, 3.63) is 30.3 Å². The molecule has 15 heavy (non-hydrogen) atoms. The minimum atomic E-state index is -0.710. The van der Waals surface area contributed by atoms with E-state index in [4.69, 9.17) is 0 Å². The Labute approximate surface area is 88.7 Å². The van der Waals surface area contributed by atoms with Gasteiger partial charge in [-0.15, -0.1) is 0 Å². The molecule has 1 aliphatic heterocycles. The molecule has 1 amide bonds. The van der Waals surface area contributed by atoms with Gasteiger partial charge in [-0.05, 0) is 26.0 Å². The molecule has 1 fully saturated rings. The third-order valence-electron chi connectivity index (χ3n) is 2.82. The van der Waals surface area contributed by atoms with E-state index < -0.39 is 5.54 Å². The summed E-state index contributed by atoms with van der Waals surface area (Å²) in [7, 11) is 0. The zero-order chi connectivity index (χ0) is 11.1. The third kappa shape index (κ3) is 1.44. The summed E-state index contributed by atoms with van der Waals surface area (Å²) in [5.41, 5.74) is 0.0803. The zero-order valence-corrected chi connectivity index (χ0v) is 8.86. The van der Waals surface area contributed by atoms with Crippen molar-refractivity contribution in [1.29, 1.82) is 0 Å². The molecule has 0 atom stereocenters. The van der Waals surface area contributed by atoms with Gasteiger partial charge in [0, 0.05) is 5.69 Å². The summed E-state index contributed by atoms with van der Waals surface area (Å²) >= 11 is 0. The average molecular weight is 203 g/mol. The molecule has 0 unspecified atom stereocenters. The zero-order valence-electron chi connectivity index (χ0n) is 8.86. The van der Waals surface area contributed by atoms with Gasteiger partial charge < -0.3 is 0 Å². The predicted octanol–water partition coefficient (Wildman–Crippen LogP) is 1.77. The fourth-order valence-electron chi connectivity index (χ4n) is 1.91. The summed E-state index contributed by atoms with van der Waals surface area (Å²) in [6.07, 6.45) is 0.0158. The minimum absolute atomic E-state index is 0.0158. The van der Waals surface area contributed by atoms with Gasteiger partial charge in [0.2, 0.25) is 5.91 Å². The number of Topliss-reactive ketones (excluding diaryl/α,β-unsaturated/α-hetero) is 1. The molecular formula is C12H13NO2. The molecule has 1 aromatic carbocycles. The second kappa shape index (κ2) is 3.19. The monoisotopic (exact) mass is 203 g/mol. The lowest BCUT2D eigenvalue weighted by Gasteiger charge is -2.29. The van der Waals surface area contributed by atoms with Gasteiger partial charge >= 0.3 is 0 Å². The first-order chi connectivity index (χ1) is 7.03. The molecular weight excluding hydrogens is 190 g/mol. The third-order valence-corrected chi connectivity index (χ3v) is 2.82. The number of anilines is 1. The van der Waals surface area contributed by atoms with Crippen LogP contribution in [0.4, 0.5) is 5.69 Å². The number of hydrogen-bond acceptors (Lipinski definition) is 2. The number of ketones is 1. The molecule has 3 nitrogen and oxygen atoms in total. The van der Waals surface area contributed by atoms with Crippen molar-refractivity contribution < 1.29 is 9.59 Å². The van der Waals surface area contributed by atoms with Crippen LogP contribution in [0.1, 0.15) is 20.3 Å². The Bertz CT molecular complexity index is 409. The fraction of sp³-hybridized carbons (Fsp3) is 0.333. The average Bonchev–Trinajstić information content (AvgIpc) is 2.37. The van der Waals surface area contributed by atoms with Gasteiger partial charge in [-0.3, -0.25) is 14.5 Å². The van der Waals surface area contributed by atoms with Crippen molar-refractivity contribution in [2.45, 2.75) is 25.8 Å². The van der Waals surface area contributed by atoms with Crippen LogP contribution in [-0.2, 0) is 9.59 Å². The maximum absolute atomic E-state index is 11.7. The standard InChI is InChI=1S/C12H13NO2/c1-12(2)10(14)8-11(15)13(12)9-6-4-3-5-7-9/h3-7H,8H2,1-2H3. The van der Waals surface area contributed by atoms with E-state index in [1.54, 1.807) is 18.7 Å². The largest absolute Gasteiger partial charge is 0.299 e. The first kappa shape index (κ1) is 9.90. The van der Waals surface area contributed by atoms with Crippen LogP contribution in [0.5, 0.6) is 0 Å². The Morgan fingerprint density at radius 3 is 2.20 bits per heavy atom. The molecule has 2 rings (SSSR count). The SMILES string of the molecule is CC1(C)C(=O)CC(=O)N1c1ccccc1. The van der Waals surface area contributed by atoms with E-state index in [-0.39, 0.29) is 18.1 Å². The van der Waals surface area contributed by atoms with Crippen molar-refractivity contribution in [1.82, 2.24) is 0 Å². The minimum Gasteiger partial charge on any atom is -0.299 e. The van der Waals surface area contributed by atoms with Crippen LogP contribution < -0.4 is 4.90 Å². The highest BCUT2D eigenvalue weighted by atomic mass is 16.2. The van der Waals surface area contributed by atoms with Crippen molar-refractivity contribution in [2.75, 3.05) is 4.90 Å². The molecule has 78 valence electrons. The predicted molar refractivity (Wildman–Crippen MR) is 57.6 cm³/mol. The number of benzene rings is 1. The van der Waals surface area contributed by atoms with Crippen LogP contribution in [0.2, 0.25) is 0 Å². The Morgan fingerprint density at radius 1 is 1.13 bits per heavy atom. The lowest BCUT2D eigenvalue weighted by molar-refractivity contribution is -0.122. The van der Waals surface area contributed by atoms with Crippen molar-refractivity contribution >= 4 is 17.4 Å². The van der Waals surface area contributed by atoms with Crippen molar-refractivity contribution in [3.63, 3.8) is 0 Å². The van der Waals surface area contributed by atoms with Gasteiger partial charge in [-0.1, -0.05) is 18.2 Å². The van der Waals surface area contributed by atoms with Crippen molar-refractivity contribution in [2.24, 2.45) is 0 Å². The molecule has 0 aliphatic carbocycles. The molecule has 1 saturated heterocycles. The van der Waals surface area contributed by atoms with E-state index in [1.807, 2.05) is 30.3 Å². The van der Waals surface area contributed by atoms with Gasteiger partial charge in [0.15, 0.2) is 5.78 Å². The van der Waals surface area contributed by atoms with Crippen molar-refractivity contribution in [3.8, 4) is 0 Å². The van der Waals surface area contributed by atoms with Crippen LogP contribution >= 0.6 is 0 Å². The highest BCUT2D eigenvalue weighted by Gasteiger charge is 2.45. The van der Waals surface area contributed by atoms with Crippen LogP contribution in [0.25, 0.3) is 0 Å².